The number of pyridine rings is 1. The second kappa shape index (κ2) is 2.80. The molecule has 2 rings (SSSR count). The zero-order valence-corrected chi connectivity index (χ0v) is 7.43. The lowest BCUT2D eigenvalue weighted by atomic mass is 10.4. The molecule has 0 aliphatic carbocycles. The summed E-state index contributed by atoms with van der Waals surface area (Å²) in [4.78, 5) is 8.38. The van der Waals surface area contributed by atoms with Gasteiger partial charge < -0.3 is 5.11 Å². The van der Waals surface area contributed by atoms with Crippen LogP contribution in [0.3, 0.4) is 0 Å². The largest absolute Gasteiger partial charge is 0.390 e. The van der Waals surface area contributed by atoms with Gasteiger partial charge in [-0.15, -0.1) is 11.3 Å². The van der Waals surface area contributed by atoms with E-state index in [1.807, 2.05) is 19.1 Å². The van der Waals surface area contributed by atoms with Crippen LogP contribution in [-0.4, -0.2) is 15.1 Å². The van der Waals surface area contributed by atoms with Gasteiger partial charge in [0.25, 0.3) is 0 Å². The molecule has 2 aromatic heterocycles. The van der Waals surface area contributed by atoms with E-state index in [1.165, 1.54) is 0 Å². The summed E-state index contributed by atoms with van der Waals surface area (Å²) in [6.07, 6.45) is 0. The third kappa shape index (κ3) is 1.19. The second-order valence-electron chi connectivity index (χ2n) is 2.52. The molecule has 0 fully saturated rings. The first kappa shape index (κ1) is 7.64. The van der Waals surface area contributed by atoms with E-state index in [-0.39, 0.29) is 6.61 Å². The second-order valence-corrected chi connectivity index (χ2v) is 3.75. The van der Waals surface area contributed by atoms with Crippen LogP contribution in [0.15, 0.2) is 12.1 Å². The molecule has 0 aromatic carbocycles. The predicted molar refractivity (Wildman–Crippen MR) is 48.1 cm³/mol. The fourth-order valence-electron chi connectivity index (χ4n) is 1.05. The average molecular weight is 180 g/mol. The van der Waals surface area contributed by atoms with Crippen LogP contribution in [0.1, 0.15) is 10.7 Å². The predicted octanol–water partition coefficient (Wildman–Crippen LogP) is 1.49. The zero-order chi connectivity index (χ0) is 8.55. The Morgan fingerprint density at radius 3 is 3.00 bits per heavy atom. The number of aliphatic hydroxyl groups is 1. The van der Waals surface area contributed by atoms with Crippen molar-refractivity contribution in [2.45, 2.75) is 13.5 Å². The molecule has 1 N–H and O–H groups in total. The first-order valence-electron chi connectivity index (χ1n) is 3.63. The number of aryl methyl sites for hydroxylation is 1. The van der Waals surface area contributed by atoms with Crippen LogP contribution < -0.4 is 0 Å². The topological polar surface area (TPSA) is 46.0 Å². The summed E-state index contributed by atoms with van der Waals surface area (Å²) in [6.45, 7) is 1.93. The molecule has 0 atom stereocenters. The molecule has 2 aromatic rings. The number of aliphatic hydroxyl groups excluding tert-OH is 1. The molecule has 0 unspecified atom stereocenters. The fourth-order valence-corrected chi connectivity index (χ4v) is 1.82. The summed E-state index contributed by atoms with van der Waals surface area (Å²) >= 11 is 1.62. The van der Waals surface area contributed by atoms with Crippen LogP contribution in [0.4, 0.5) is 0 Å². The maximum absolute atomic E-state index is 8.82. The van der Waals surface area contributed by atoms with Crippen molar-refractivity contribution in [1.82, 2.24) is 9.97 Å². The minimum absolute atomic E-state index is 0.0213. The Morgan fingerprint density at radius 2 is 2.25 bits per heavy atom. The lowest BCUT2D eigenvalue weighted by Crippen LogP contribution is -1.87. The number of nitrogens with zero attached hydrogens (tertiary/aromatic N) is 2. The molecular formula is C8H8N2OS. The Hall–Kier alpha value is -1.00. The fraction of sp³-hybridized carbons (Fsp3) is 0.250. The van der Waals surface area contributed by atoms with Crippen LogP contribution in [0.5, 0.6) is 0 Å². The minimum atomic E-state index is -0.0213. The summed E-state index contributed by atoms with van der Waals surface area (Å²) in [6, 6.07) is 3.76. The number of rotatable bonds is 1. The van der Waals surface area contributed by atoms with Crippen molar-refractivity contribution < 1.29 is 5.11 Å². The van der Waals surface area contributed by atoms with Crippen LogP contribution in [0.25, 0.3) is 10.3 Å². The standard InChI is InChI=1S/C8H8N2OS/c1-5-9-8-7(12-5)3-2-6(4-11)10-8/h2-3,11H,4H2,1H3. The third-order valence-electron chi connectivity index (χ3n) is 1.58. The van der Waals surface area contributed by atoms with Crippen LogP contribution in [0.2, 0.25) is 0 Å². The van der Waals surface area contributed by atoms with Crippen LogP contribution in [-0.2, 0) is 6.61 Å². The van der Waals surface area contributed by atoms with Crippen molar-refractivity contribution >= 4 is 21.7 Å². The molecule has 2 heterocycles. The van der Waals surface area contributed by atoms with Gasteiger partial charge in [0.05, 0.1) is 22.0 Å². The Morgan fingerprint density at radius 1 is 1.42 bits per heavy atom. The van der Waals surface area contributed by atoms with Crippen LogP contribution >= 0.6 is 11.3 Å². The summed E-state index contributed by atoms with van der Waals surface area (Å²) in [5, 5.41) is 9.82. The molecule has 0 bridgehead atoms. The van der Waals surface area contributed by atoms with E-state index in [9.17, 15) is 0 Å². The highest BCUT2D eigenvalue weighted by atomic mass is 32.1. The van der Waals surface area contributed by atoms with Crippen LogP contribution in [0, 0.1) is 6.92 Å². The Bertz CT molecular complexity index is 410. The van der Waals surface area contributed by atoms with E-state index in [0.717, 1.165) is 15.4 Å². The van der Waals surface area contributed by atoms with E-state index < -0.39 is 0 Å². The first-order valence-corrected chi connectivity index (χ1v) is 4.45. The number of hydrogen-bond donors (Lipinski definition) is 1. The number of thiazole rings is 1. The highest BCUT2D eigenvalue weighted by molar-refractivity contribution is 7.18. The monoisotopic (exact) mass is 180 g/mol. The summed E-state index contributed by atoms with van der Waals surface area (Å²) in [5.41, 5.74) is 1.41. The summed E-state index contributed by atoms with van der Waals surface area (Å²) in [7, 11) is 0. The molecule has 0 aliphatic heterocycles. The van der Waals surface area contributed by atoms with E-state index in [1.54, 1.807) is 11.3 Å². The number of aromatic nitrogens is 2. The van der Waals surface area contributed by atoms with E-state index in [0.29, 0.717) is 5.69 Å². The SMILES string of the molecule is Cc1nc2nc(CO)ccc2s1. The highest BCUT2D eigenvalue weighted by Gasteiger charge is 2.01. The van der Waals surface area contributed by atoms with Gasteiger partial charge in [-0.2, -0.15) is 0 Å². The third-order valence-corrected chi connectivity index (χ3v) is 2.51. The lowest BCUT2D eigenvalue weighted by molar-refractivity contribution is 0.277. The average Bonchev–Trinajstić information content (AvgIpc) is 2.43. The Kier molecular flexibility index (Phi) is 1.78. The maximum Gasteiger partial charge on any atom is 0.170 e. The number of fused-ring (bicyclic) bond motifs is 1. The van der Waals surface area contributed by atoms with Crippen molar-refractivity contribution in [2.24, 2.45) is 0 Å². The van der Waals surface area contributed by atoms with Crippen molar-refractivity contribution in [3.63, 3.8) is 0 Å². The zero-order valence-electron chi connectivity index (χ0n) is 6.61. The van der Waals surface area contributed by atoms with Gasteiger partial charge >= 0.3 is 0 Å². The maximum atomic E-state index is 8.82. The van der Waals surface area contributed by atoms with E-state index in [2.05, 4.69) is 9.97 Å². The van der Waals surface area contributed by atoms with Crippen molar-refractivity contribution in [1.29, 1.82) is 0 Å². The quantitative estimate of drug-likeness (QED) is 0.723. The molecule has 0 saturated carbocycles. The number of hydrogen-bond acceptors (Lipinski definition) is 4. The Balaban J connectivity index is 2.66. The van der Waals surface area contributed by atoms with Gasteiger partial charge in [-0.3, -0.25) is 0 Å². The highest BCUT2D eigenvalue weighted by Crippen LogP contribution is 2.19. The van der Waals surface area contributed by atoms with Gasteiger partial charge in [0.15, 0.2) is 5.65 Å². The lowest BCUT2D eigenvalue weighted by Gasteiger charge is -1.92. The minimum Gasteiger partial charge on any atom is -0.390 e. The molecule has 4 heteroatoms. The molecular weight excluding hydrogens is 172 g/mol. The van der Waals surface area contributed by atoms with Gasteiger partial charge in [0.2, 0.25) is 0 Å². The van der Waals surface area contributed by atoms with Gasteiger partial charge in [0.1, 0.15) is 0 Å². The molecule has 12 heavy (non-hydrogen) atoms. The van der Waals surface area contributed by atoms with Crippen molar-refractivity contribution in [3.8, 4) is 0 Å². The van der Waals surface area contributed by atoms with Gasteiger partial charge in [-0.25, -0.2) is 9.97 Å². The van der Waals surface area contributed by atoms with E-state index in [4.69, 9.17) is 5.11 Å². The van der Waals surface area contributed by atoms with Crippen molar-refractivity contribution in [2.75, 3.05) is 0 Å². The van der Waals surface area contributed by atoms with Gasteiger partial charge in [-0.1, -0.05) is 0 Å². The van der Waals surface area contributed by atoms with Gasteiger partial charge in [-0.05, 0) is 19.1 Å². The molecule has 0 spiro atoms. The normalized spacial score (nSPS) is 10.8. The van der Waals surface area contributed by atoms with Gasteiger partial charge in [0, 0.05) is 0 Å². The van der Waals surface area contributed by atoms with Crippen molar-refractivity contribution in [3.05, 3.63) is 22.8 Å². The van der Waals surface area contributed by atoms with E-state index >= 15 is 0 Å². The molecule has 3 nitrogen and oxygen atoms in total. The molecule has 0 saturated heterocycles. The summed E-state index contributed by atoms with van der Waals surface area (Å²) in [5.74, 6) is 0. The molecule has 0 radical (unpaired) electrons. The molecule has 0 amide bonds. The summed E-state index contributed by atoms with van der Waals surface area (Å²) < 4.78 is 1.07. The Labute approximate surface area is 73.7 Å². The smallest absolute Gasteiger partial charge is 0.170 e. The molecule has 62 valence electrons. The first-order chi connectivity index (χ1) is 5.79. The molecule has 0 aliphatic rings.